The Hall–Kier alpha value is -3.27. The molecule has 0 bridgehead atoms. The van der Waals surface area contributed by atoms with Crippen LogP contribution in [0.3, 0.4) is 0 Å². The Kier molecular flexibility index (Phi) is 9.95. The molecule has 2 atom stereocenters. The first kappa shape index (κ1) is 29.7. The van der Waals surface area contributed by atoms with Crippen LogP contribution in [0.5, 0.6) is 0 Å². The van der Waals surface area contributed by atoms with E-state index in [1.165, 1.54) is 22.0 Å². The Morgan fingerprint density at radius 3 is 2.45 bits per heavy atom. The molecular formula is C31H39N3O5S. The number of morpholine rings is 1. The zero-order valence-electron chi connectivity index (χ0n) is 23.7. The van der Waals surface area contributed by atoms with Gasteiger partial charge in [-0.25, -0.2) is 0 Å². The van der Waals surface area contributed by atoms with E-state index in [9.17, 15) is 19.5 Å². The van der Waals surface area contributed by atoms with E-state index in [-0.39, 0.29) is 23.8 Å². The molecule has 0 spiro atoms. The van der Waals surface area contributed by atoms with E-state index in [0.717, 1.165) is 45.8 Å². The van der Waals surface area contributed by atoms with Crippen LogP contribution in [-0.4, -0.2) is 52.8 Å². The van der Waals surface area contributed by atoms with Crippen LogP contribution < -0.4 is 10.9 Å². The summed E-state index contributed by atoms with van der Waals surface area (Å²) < 4.78 is 6.95. The number of rotatable bonds is 11. The van der Waals surface area contributed by atoms with Crippen molar-refractivity contribution >= 4 is 23.2 Å². The molecule has 2 N–H and O–H groups in total. The van der Waals surface area contributed by atoms with Crippen molar-refractivity contribution < 1.29 is 19.4 Å². The van der Waals surface area contributed by atoms with Gasteiger partial charge < -0.3 is 19.7 Å². The Bertz CT molecular complexity index is 1370. The molecule has 1 fully saturated rings. The summed E-state index contributed by atoms with van der Waals surface area (Å²) in [5.74, 6) is -1.22. The molecule has 8 nitrogen and oxygen atoms in total. The standard InChI is InChI=1S/C31H39N3O5S/c1-20(2)14-26(34-18-23(8-9-28(34)35)17-33-10-12-39-13-11-33)31(38)32-25(16-29(36)37)24-15-27(40-19-24)30-21(3)6-5-7-22(30)4/h5-9,15,18-20,25-26H,10-14,16-17H2,1-4H3,(H,32,38)(H,36,37)/t25-,26?/m0/s1. The van der Waals surface area contributed by atoms with Crippen LogP contribution in [0.25, 0.3) is 10.4 Å². The summed E-state index contributed by atoms with van der Waals surface area (Å²) in [4.78, 5) is 41.9. The highest BCUT2D eigenvalue weighted by Gasteiger charge is 2.28. The molecule has 2 aromatic heterocycles. The van der Waals surface area contributed by atoms with E-state index in [0.29, 0.717) is 26.2 Å². The Morgan fingerprint density at radius 2 is 1.80 bits per heavy atom. The van der Waals surface area contributed by atoms with E-state index in [4.69, 9.17) is 4.74 Å². The zero-order chi connectivity index (χ0) is 28.8. The number of hydrogen-bond donors (Lipinski definition) is 2. The third-order valence-electron chi connectivity index (χ3n) is 7.29. The molecule has 4 rings (SSSR count). The zero-order valence-corrected chi connectivity index (χ0v) is 24.5. The first-order valence-electron chi connectivity index (χ1n) is 13.8. The molecule has 9 heteroatoms. The van der Waals surface area contributed by atoms with Gasteiger partial charge in [0.1, 0.15) is 6.04 Å². The fourth-order valence-corrected chi connectivity index (χ4v) is 6.40. The average Bonchev–Trinajstić information content (AvgIpc) is 3.38. The van der Waals surface area contributed by atoms with Crippen molar-refractivity contribution in [2.75, 3.05) is 26.3 Å². The maximum atomic E-state index is 13.8. The van der Waals surface area contributed by atoms with Crippen molar-refractivity contribution in [3.05, 3.63) is 80.6 Å². The molecule has 1 aliphatic heterocycles. The number of thiophene rings is 1. The predicted octanol–water partition coefficient (Wildman–Crippen LogP) is 4.95. The first-order chi connectivity index (χ1) is 19.1. The molecular weight excluding hydrogens is 526 g/mol. The van der Waals surface area contributed by atoms with Crippen LogP contribution in [0.2, 0.25) is 0 Å². The molecule has 1 aliphatic rings. The Morgan fingerprint density at radius 1 is 1.10 bits per heavy atom. The lowest BCUT2D eigenvalue weighted by Crippen LogP contribution is -2.40. The normalized spacial score (nSPS) is 15.6. The highest BCUT2D eigenvalue weighted by atomic mass is 32.1. The quantitative estimate of drug-likeness (QED) is 0.341. The number of pyridine rings is 1. The van der Waals surface area contributed by atoms with Crippen LogP contribution >= 0.6 is 11.3 Å². The maximum absolute atomic E-state index is 13.8. The van der Waals surface area contributed by atoms with Gasteiger partial charge in [-0.15, -0.1) is 11.3 Å². The monoisotopic (exact) mass is 565 g/mol. The van der Waals surface area contributed by atoms with Crippen molar-refractivity contribution in [3.63, 3.8) is 0 Å². The number of amides is 1. The second-order valence-corrected chi connectivity index (χ2v) is 11.9. The number of nitrogens with one attached hydrogen (secondary N) is 1. The lowest BCUT2D eigenvalue weighted by atomic mass is 9.98. The van der Waals surface area contributed by atoms with Gasteiger partial charge in [0.25, 0.3) is 5.56 Å². The van der Waals surface area contributed by atoms with Gasteiger partial charge in [-0.05, 0) is 65.4 Å². The summed E-state index contributed by atoms with van der Waals surface area (Å²) in [6.07, 6.45) is 1.97. The number of aliphatic carboxylic acids is 1. The minimum atomic E-state index is -1.00. The Balaban J connectivity index is 1.61. The van der Waals surface area contributed by atoms with E-state index in [2.05, 4.69) is 36.2 Å². The molecule has 0 saturated carbocycles. The van der Waals surface area contributed by atoms with Crippen molar-refractivity contribution in [2.24, 2.45) is 5.92 Å². The van der Waals surface area contributed by atoms with Gasteiger partial charge in [0.2, 0.25) is 5.91 Å². The van der Waals surface area contributed by atoms with Crippen LogP contribution in [0.4, 0.5) is 0 Å². The summed E-state index contributed by atoms with van der Waals surface area (Å²) in [6, 6.07) is 9.95. The summed E-state index contributed by atoms with van der Waals surface area (Å²) in [5.41, 5.74) is 4.84. The molecule has 1 amide bonds. The molecule has 0 radical (unpaired) electrons. The second-order valence-electron chi connectivity index (χ2n) is 11.0. The average molecular weight is 566 g/mol. The lowest BCUT2D eigenvalue weighted by molar-refractivity contribution is -0.138. The number of aromatic nitrogens is 1. The van der Waals surface area contributed by atoms with Crippen molar-refractivity contribution in [2.45, 2.75) is 59.2 Å². The van der Waals surface area contributed by atoms with E-state index >= 15 is 0 Å². The second kappa shape index (κ2) is 13.4. The van der Waals surface area contributed by atoms with E-state index < -0.39 is 18.1 Å². The van der Waals surface area contributed by atoms with Crippen molar-refractivity contribution in [1.29, 1.82) is 0 Å². The van der Waals surface area contributed by atoms with Gasteiger partial charge in [-0.3, -0.25) is 19.3 Å². The van der Waals surface area contributed by atoms with Gasteiger partial charge in [0.05, 0.1) is 25.7 Å². The van der Waals surface area contributed by atoms with Crippen LogP contribution in [0.1, 0.15) is 61.0 Å². The fraction of sp³-hybridized carbons (Fsp3) is 0.452. The lowest BCUT2D eigenvalue weighted by Gasteiger charge is -2.28. The molecule has 3 aromatic rings. The van der Waals surface area contributed by atoms with Gasteiger partial charge >= 0.3 is 5.97 Å². The molecule has 3 heterocycles. The van der Waals surface area contributed by atoms with Crippen LogP contribution in [0.15, 0.2) is 52.8 Å². The van der Waals surface area contributed by atoms with Gasteiger partial charge in [0.15, 0.2) is 0 Å². The number of benzene rings is 1. The number of nitrogens with zero attached hydrogens (tertiary/aromatic N) is 2. The van der Waals surface area contributed by atoms with Crippen LogP contribution in [0, 0.1) is 19.8 Å². The minimum absolute atomic E-state index is 0.139. The third-order valence-corrected chi connectivity index (χ3v) is 8.25. The first-order valence-corrected chi connectivity index (χ1v) is 14.7. The number of carbonyl (C=O) groups excluding carboxylic acids is 1. The molecule has 214 valence electrons. The molecule has 1 aromatic carbocycles. The number of ether oxygens (including phenoxy) is 1. The predicted molar refractivity (Wildman–Crippen MR) is 158 cm³/mol. The Labute approximate surface area is 239 Å². The van der Waals surface area contributed by atoms with Gasteiger partial charge in [-0.1, -0.05) is 38.1 Å². The highest BCUT2D eigenvalue weighted by Crippen LogP contribution is 2.35. The van der Waals surface area contributed by atoms with Crippen LogP contribution in [-0.2, 0) is 20.9 Å². The molecule has 1 unspecified atom stereocenters. The van der Waals surface area contributed by atoms with Crippen molar-refractivity contribution in [3.8, 4) is 10.4 Å². The fourth-order valence-electron chi connectivity index (χ4n) is 5.26. The van der Waals surface area contributed by atoms with Gasteiger partial charge in [-0.2, -0.15) is 0 Å². The highest BCUT2D eigenvalue weighted by molar-refractivity contribution is 7.13. The maximum Gasteiger partial charge on any atom is 0.305 e. The summed E-state index contributed by atoms with van der Waals surface area (Å²) in [7, 11) is 0. The summed E-state index contributed by atoms with van der Waals surface area (Å²) in [6.45, 7) is 11.8. The summed E-state index contributed by atoms with van der Waals surface area (Å²) in [5, 5.41) is 14.6. The third kappa shape index (κ3) is 7.47. The molecule has 1 saturated heterocycles. The van der Waals surface area contributed by atoms with Crippen molar-refractivity contribution in [1.82, 2.24) is 14.8 Å². The minimum Gasteiger partial charge on any atom is -0.481 e. The van der Waals surface area contributed by atoms with E-state index in [1.807, 2.05) is 37.4 Å². The number of hydrogen-bond acceptors (Lipinski definition) is 6. The summed E-state index contributed by atoms with van der Waals surface area (Å²) >= 11 is 1.54. The SMILES string of the molecule is Cc1cccc(C)c1-c1cc([C@H](CC(=O)O)NC(=O)C(CC(C)C)n2cc(CN3CCOCC3)ccc2=O)cs1. The topological polar surface area (TPSA) is 101 Å². The van der Waals surface area contributed by atoms with E-state index in [1.54, 1.807) is 6.20 Å². The molecule has 40 heavy (non-hydrogen) atoms. The number of aryl methyl sites for hydroxylation is 2. The smallest absolute Gasteiger partial charge is 0.305 e. The number of carboxylic acid groups (broad SMARTS) is 1. The number of carbonyl (C=O) groups is 2. The van der Waals surface area contributed by atoms with Gasteiger partial charge in [0, 0.05) is 36.8 Å². The number of carboxylic acids is 1. The largest absolute Gasteiger partial charge is 0.481 e. The molecule has 0 aliphatic carbocycles.